The largest absolute Gasteiger partial charge is 0.434 e. The minimum atomic E-state index is -2.91. The summed E-state index contributed by atoms with van der Waals surface area (Å²) >= 11 is 8.42. The molecule has 2 aliphatic rings. The van der Waals surface area contributed by atoms with Crippen molar-refractivity contribution in [3.05, 3.63) is 77.1 Å². The van der Waals surface area contributed by atoms with Crippen LogP contribution in [0.1, 0.15) is 31.2 Å². The van der Waals surface area contributed by atoms with Crippen LogP contribution < -0.4 is 4.74 Å². The number of rotatable bonds is 9. The number of morpholine rings is 1. The Morgan fingerprint density at radius 2 is 1.82 bits per heavy atom. The minimum Gasteiger partial charge on any atom is -0.434 e. The van der Waals surface area contributed by atoms with E-state index in [1.165, 1.54) is 41.7 Å². The van der Waals surface area contributed by atoms with Crippen LogP contribution in [-0.4, -0.2) is 60.1 Å². The van der Waals surface area contributed by atoms with Gasteiger partial charge in [0.2, 0.25) is 0 Å². The number of H-pyrrole nitrogens is 1. The lowest BCUT2D eigenvalue weighted by Gasteiger charge is -2.24. The number of fused-ring (bicyclic) bond motifs is 1. The average molecular weight is 586 g/mol. The molecule has 9 heteroatoms. The first kappa shape index (κ1) is 28.9. The van der Waals surface area contributed by atoms with E-state index in [0.29, 0.717) is 22.6 Å². The van der Waals surface area contributed by atoms with Crippen molar-refractivity contribution in [3.63, 3.8) is 0 Å². The van der Waals surface area contributed by atoms with Crippen molar-refractivity contribution >= 4 is 34.4 Å². The molecule has 6 rings (SSSR count). The van der Waals surface area contributed by atoms with Gasteiger partial charge in [-0.3, -0.25) is 4.90 Å². The highest BCUT2D eigenvalue weighted by Gasteiger charge is 2.21. The zero-order valence-electron chi connectivity index (χ0n) is 22.5. The first-order chi connectivity index (χ1) is 19.5. The summed E-state index contributed by atoms with van der Waals surface area (Å²) < 4.78 is 35.5. The SMILES string of the molecule is CCN1CCOCC1.FC(F)Oc1ccccc1-c1cc2nc(Cc3ccc(SCC4CC4)cc3)[nH]c2cc1Cl. The molecular weight excluding hydrogens is 552 g/mol. The van der Waals surface area contributed by atoms with E-state index in [9.17, 15) is 8.78 Å². The number of hydrogen-bond acceptors (Lipinski definition) is 5. The minimum absolute atomic E-state index is 0.0826. The lowest BCUT2D eigenvalue weighted by molar-refractivity contribution is -0.0494. The van der Waals surface area contributed by atoms with Crippen molar-refractivity contribution < 1.29 is 18.3 Å². The Morgan fingerprint density at radius 1 is 1.07 bits per heavy atom. The maximum atomic E-state index is 12.8. The molecular formula is C31H34ClF2N3O2S. The zero-order valence-corrected chi connectivity index (χ0v) is 24.1. The summed E-state index contributed by atoms with van der Waals surface area (Å²) in [5.41, 5.74) is 3.80. The molecule has 0 unspecified atom stereocenters. The molecule has 2 heterocycles. The van der Waals surface area contributed by atoms with Crippen LogP contribution in [0.25, 0.3) is 22.2 Å². The summed E-state index contributed by atoms with van der Waals surface area (Å²) in [7, 11) is 0. The van der Waals surface area contributed by atoms with E-state index in [0.717, 1.165) is 49.1 Å². The van der Waals surface area contributed by atoms with Crippen LogP contribution in [0, 0.1) is 5.92 Å². The summed E-state index contributed by atoms with van der Waals surface area (Å²) in [5.74, 6) is 3.01. The van der Waals surface area contributed by atoms with Gasteiger partial charge in [0.25, 0.3) is 0 Å². The van der Waals surface area contributed by atoms with Gasteiger partial charge in [0.1, 0.15) is 11.6 Å². The van der Waals surface area contributed by atoms with E-state index >= 15 is 0 Å². The standard InChI is InChI=1S/C25H21ClF2N2OS.C6H13NO/c26-20-13-22-21(12-19(20)18-3-1-2-4-23(18)31-25(27)28)29-24(30-22)11-15-7-9-17(10-8-15)32-14-16-5-6-16;1-2-7-3-5-8-6-4-7/h1-4,7-10,12-13,16,25H,5-6,11,14H2,(H,29,30);2-6H2,1H3. The van der Waals surface area contributed by atoms with Gasteiger partial charge in [0.15, 0.2) is 0 Å². The zero-order chi connectivity index (χ0) is 27.9. The number of likely N-dealkylation sites (N-methyl/N-ethyl adjacent to an activating group) is 1. The van der Waals surface area contributed by atoms with Crippen LogP contribution in [0.2, 0.25) is 5.02 Å². The predicted molar refractivity (Wildman–Crippen MR) is 159 cm³/mol. The number of thioether (sulfide) groups is 1. The highest BCUT2D eigenvalue weighted by Crippen LogP contribution is 2.38. The second-order valence-electron chi connectivity index (χ2n) is 10.0. The molecule has 1 aromatic heterocycles. The summed E-state index contributed by atoms with van der Waals surface area (Å²) in [6.45, 7) is 4.54. The highest BCUT2D eigenvalue weighted by molar-refractivity contribution is 7.99. The molecule has 1 aliphatic carbocycles. The number of nitrogens with one attached hydrogen (secondary N) is 1. The summed E-state index contributed by atoms with van der Waals surface area (Å²) in [6, 6.07) is 18.8. The van der Waals surface area contributed by atoms with E-state index in [-0.39, 0.29) is 5.75 Å². The van der Waals surface area contributed by atoms with Crippen LogP contribution >= 0.6 is 23.4 Å². The van der Waals surface area contributed by atoms with Gasteiger partial charge in [-0.05, 0) is 61.2 Å². The summed E-state index contributed by atoms with van der Waals surface area (Å²) in [5, 5.41) is 0.440. The maximum absolute atomic E-state index is 12.8. The van der Waals surface area contributed by atoms with Gasteiger partial charge in [0, 0.05) is 41.3 Å². The number of benzene rings is 3. The molecule has 5 nitrogen and oxygen atoms in total. The number of nitrogens with zero attached hydrogens (tertiary/aromatic N) is 2. The van der Waals surface area contributed by atoms with Crippen LogP contribution in [0.3, 0.4) is 0 Å². The van der Waals surface area contributed by atoms with Crippen LogP contribution in [-0.2, 0) is 11.2 Å². The number of hydrogen-bond donors (Lipinski definition) is 1. The molecule has 0 spiro atoms. The van der Waals surface area contributed by atoms with Gasteiger partial charge in [-0.1, -0.05) is 48.9 Å². The third-order valence-electron chi connectivity index (χ3n) is 7.04. The molecule has 1 N–H and O–H groups in total. The van der Waals surface area contributed by atoms with Gasteiger partial charge in [-0.2, -0.15) is 8.78 Å². The number of ether oxygens (including phenoxy) is 2. The number of aromatic nitrogens is 2. The first-order valence-electron chi connectivity index (χ1n) is 13.7. The predicted octanol–water partition coefficient (Wildman–Crippen LogP) is 7.92. The number of aromatic amines is 1. The number of imidazole rings is 1. The molecule has 4 aromatic rings. The van der Waals surface area contributed by atoms with E-state index < -0.39 is 6.61 Å². The van der Waals surface area contributed by atoms with Crippen molar-refractivity contribution in [2.45, 2.75) is 37.7 Å². The van der Waals surface area contributed by atoms with Crippen molar-refractivity contribution in [1.82, 2.24) is 14.9 Å². The lowest BCUT2D eigenvalue weighted by atomic mass is 10.0. The fraction of sp³-hybridized carbons (Fsp3) is 0.387. The first-order valence-corrected chi connectivity index (χ1v) is 15.1. The van der Waals surface area contributed by atoms with E-state index in [1.807, 2.05) is 17.8 Å². The van der Waals surface area contributed by atoms with Crippen molar-refractivity contribution in [2.24, 2.45) is 5.92 Å². The fourth-order valence-electron chi connectivity index (χ4n) is 4.57. The Kier molecular flexibility index (Phi) is 9.97. The topological polar surface area (TPSA) is 50.4 Å². The van der Waals surface area contributed by atoms with Gasteiger partial charge >= 0.3 is 6.61 Å². The Bertz CT molecular complexity index is 1390. The number of alkyl halides is 2. The van der Waals surface area contributed by atoms with Crippen molar-refractivity contribution in [3.8, 4) is 16.9 Å². The Balaban J connectivity index is 0.000000348. The fourth-order valence-corrected chi connectivity index (χ4v) is 5.93. The third kappa shape index (κ3) is 7.97. The molecule has 0 radical (unpaired) electrons. The number of para-hydroxylation sites is 1. The normalized spacial score (nSPS) is 15.7. The number of halogens is 3. The quantitative estimate of drug-likeness (QED) is 0.202. The van der Waals surface area contributed by atoms with Gasteiger partial charge in [-0.25, -0.2) is 4.98 Å². The highest BCUT2D eigenvalue weighted by atomic mass is 35.5. The Morgan fingerprint density at radius 3 is 2.50 bits per heavy atom. The Labute approximate surface area is 243 Å². The molecule has 0 amide bonds. The molecule has 1 saturated carbocycles. The smallest absolute Gasteiger partial charge is 0.387 e. The molecule has 3 aromatic carbocycles. The van der Waals surface area contributed by atoms with Crippen LogP contribution in [0.4, 0.5) is 8.78 Å². The van der Waals surface area contributed by atoms with Gasteiger partial charge in [0.05, 0.1) is 29.3 Å². The molecule has 1 saturated heterocycles. The lowest BCUT2D eigenvalue weighted by Crippen LogP contribution is -2.35. The molecule has 212 valence electrons. The van der Waals surface area contributed by atoms with Crippen molar-refractivity contribution in [1.29, 1.82) is 0 Å². The van der Waals surface area contributed by atoms with E-state index in [2.05, 4.69) is 45.8 Å². The van der Waals surface area contributed by atoms with Crippen molar-refractivity contribution in [2.75, 3.05) is 38.6 Å². The van der Waals surface area contributed by atoms with Crippen LogP contribution in [0.15, 0.2) is 65.6 Å². The summed E-state index contributed by atoms with van der Waals surface area (Å²) in [4.78, 5) is 11.7. The van der Waals surface area contributed by atoms with Crippen LogP contribution in [0.5, 0.6) is 5.75 Å². The maximum Gasteiger partial charge on any atom is 0.387 e. The van der Waals surface area contributed by atoms with E-state index in [4.69, 9.17) is 21.3 Å². The molecule has 0 atom stereocenters. The second kappa shape index (κ2) is 13.8. The molecule has 2 fully saturated rings. The molecule has 0 bridgehead atoms. The molecule has 1 aliphatic heterocycles. The van der Waals surface area contributed by atoms with E-state index in [1.54, 1.807) is 24.3 Å². The Hall–Kier alpha value is -2.65. The molecule has 40 heavy (non-hydrogen) atoms. The second-order valence-corrected chi connectivity index (χ2v) is 11.5. The third-order valence-corrected chi connectivity index (χ3v) is 8.60. The van der Waals surface area contributed by atoms with Gasteiger partial charge in [-0.15, -0.1) is 11.8 Å². The average Bonchev–Trinajstić information content (AvgIpc) is 3.72. The monoisotopic (exact) mass is 585 g/mol. The van der Waals surface area contributed by atoms with Gasteiger partial charge < -0.3 is 14.5 Å². The summed E-state index contributed by atoms with van der Waals surface area (Å²) in [6.07, 6.45) is 3.40.